The molecule has 5 heteroatoms. The highest BCUT2D eigenvalue weighted by atomic mass is 16.2. The number of nitrogens with one attached hydrogen (secondary N) is 1. The summed E-state index contributed by atoms with van der Waals surface area (Å²) in [6.45, 7) is 6.00. The van der Waals surface area contributed by atoms with Gasteiger partial charge in [-0.2, -0.15) is 0 Å². The Labute approximate surface area is 176 Å². The van der Waals surface area contributed by atoms with Gasteiger partial charge in [-0.25, -0.2) is 4.79 Å². The number of carbonyl (C=O) groups is 1. The fourth-order valence-corrected chi connectivity index (χ4v) is 5.12. The van der Waals surface area contributed by atoms with E-state index in [0.29, 0.717) is 25.6 Å². The Morgan fingerprint density at radius 1 is 1.00 bits per heavy atom. The number of fused-ring (bicyclic) bond motifs is 5. The Morgan fingerprint density at radius 2 is 1.80 bits per heavy atom. The van der Waals surface area contributed by atoms with Crippen LogP contribution in [-0.2, 0) is 6.54 Å². The van der Waals surface area contributed by atoms with E-state index >= 15 is 0 Å². The highest BCUT2D eigenvalue weighted by molar-refractivity contribution is 5.87. The average Bonchev–Trinajstić information content (AvgIpc) is 2.73. The molecule has 0 aliphatic carbocycles. The van der Waals surface area contributed by atoms with Crippen molar-refractivity contribution in [1.82, 2.24) is 14.8 Å². The summed E-state index contributed by atoms with van der Waals surface area (Å²) in [4.78, 5) is 27.3. The zero-order chi connectivity index (χ0) is 20.8. The molecule has 5 nitrogen and oxygen atoms in total. The van der Waals surface area contributed by atoms with Gasteiger partial charge >= 0.3 is 6.03 Å². The van der Waals surface area contributed by atoms with Gasteiger partial charge in [0.2, 0.25) is 0 Å². The Morgan fingerprint density at radius 3 is 2.60 bits per heavy atom. The van der Waals surface area contributed by atoms with Crippen LogP contribution in [-0.4, -0.2) is 34.6 Å². The monoisotopic (exact) mass is 401 g/mol. The molecule has 0 unspecified atom stereocenters. The van der Waals surface area contributed by atoms with Crippen molar-refractivity contribution in [2.24, 2.45) is 5.92 Å². The third-order valence-corrected chi connectivity index (χ3v) is 6.35. The molecule has 0 spiro atoms. The molecule has 5 rings (SSSR count). The lowest BCUT2D eigenvalue weighted by Gasteiger charge is -2.43. The number of hydrogen-bond acceptors (Lipinski definition) is 2. The van der Waals surface area contributed by atoms with Crippen molar-refractivity contribution in [3.8, 4) is 11.1 Å². The molecule has 3 heterocycles. The summed E-state index contributed by atoms with van der Waals surface area (Å²) in [7, 11) is 0. The Kier molecular flexibility index (Phi) is 4.61. The quantitative estimate of drug-likeness (QED) is 0.700. The molecular weight excluding hydrogens is 374 g/mol. The summed E-state index contributed by atoms with van der Waals surface area (Å²) in [6.07, 6.45) is 1.02. The van der Waals surface area contributed by atoms with Crippen molar-refractivity contribution in [3.63, 3.8) is 0 Å². The van der Waals surface area contributed by atoms with E-state index in [4.69, 9.17) is 0 Å². The number of amides is 2. The summed E-state index contributed by atoms with van der Waals surface area (Å²) in [5.41, 5.74) is 3.37. The second kappa shape index (κ2) is 7.31. The SMILES string of the molecule is CC(C)NC(=O)N1C[C@H]2C[C@H](C1)c1c(-c3ccc4ccccc4c3)ccc(=O)n1C2. The minimum absolute atomic E-state index is 0.00122. The van der Waals surface area contributed by atoms with Crippen molar-refractivity contribution >= 4 is 16.8 Å². The Hall–Kier alpha value is -3.08. The normalized spacial score (nSPS) is 20.3. The smallest absolute Gasteiger partial charge is 0.317 e. The van der Waals surface area contributed by atoms with Gasteiger partial charge in [0.25, 0.3) is 5.56 Å². The molecule has 0 saturated carbocycles. The Bertz CT molecular complexity index is 1180. The third kappa shape index (κ3) is 3.28. The number of piperidine rings is 1. The van der Waals surface area contributed by atoms with Crippen LogP contribution >= 0.6 is 0 Å². The van der Waals surface area contributed by atoms with Gasteiger partial charge in [-0.05, 0) is 54.7 Å². The first kappa shape index (κ1) is 18.9. The van der Waals surface area contributed by atoms with E-state index in [1.807, 2.05) is 41.5 Å². The van der Waals surface area contributed by atoms with E-state index in [1.165, 1.54) is 10.8 Å². The highest BCUT2D eigenvalue weighted by Crippen LogP contribution is 2.40. The molecule has 30 heavy (non-hydrogen) atoms. The average molecular weight is 402 g/mol. The number of benzene rings is 2. The summed E-state index contributed by atoms with van der Waals surface area (Å²) in [6, 6.07) is 18.6. The molecule has 1 saturated heterocycles. The number of carbonyl (C=O) groups excluding carboxylic acids is 1. The van der Waals surface area contributed by atoms with Gasteiger partial charge in [0.15, 0.2) is 0 Å². The maximum Gasteiger partial charge on any atom is 0.317 e. The fourth-order valence-electron chi connectivity index (χ4n) is 5.12. The lowest BCUT2D eigenvalue weighted by atomic mass is 9.80. The van der Waals surface area contributed by atoms with E-state index in [-0.39, 0.29) is 23.6 Å². The Balaban J connectivity index is 1.58. The van der Waals surface area contributed by atoms with Crippen LogP contribution in [0.1, 0.15) is 31.9 Å². The van der Waals surface area contributed by atoms with Crippen molar-refractivity contribution < 1.29 is 4.79 Å². The van der Waals surface area contributed by atoms with Crippen molar-refractivity contribution in [1.29, 1.82) is 0 Å². The molecule has 1 N–H and O–H groups in total. The molecule has 2 bridgehead atoms. The minimum Gasteiger partial charge on any atom is -0.336 e. The van der Waals surface area contributed by atoms with Gasteiger partial charge < -0.3 is 14.8 Å². The van der Waals surface area contributed by atoms with Gasteiger partial charge in [-0.15, -0.1) is 0 Å². The lowest BCUT2D eigenvalue weighted by Crippen LogP contribution is -2.53. The lowest BCUT2D eigenvalue weighted by molar-refractivity contribution is 0.130. The predicted molar refractivity (Wildman–Crippen MR) is 120 cm³/mol. The molecule has 3 aromatic rings. The number of likely N-dealkylation sites (tertiary alicyclic amines) is 1. The molecule has 1 aromatic heterocycles. The van der Waals surface area contributed by atoms with Gasteiger partial charge in [-0.1, -0.05) is 36.4 Å². The van der Waals surface area contributed by atoms with Gasteiger partial charge in [0, 0.05) is 48.9 Å². The van der Waals surface area contributed by atoms with Crippen LogP contribution in [0.4, 0.5) is 4.79 Å². The molecule has 1 fully saturated rings. The van der Waals surface area contributed by atoms with Crippen molar-refractivity contribution in [2.75, 3.05) is 13.1 Å². The summed E-state index contributed by atoms with van der Waals surface area (Å²) in [5.74, 6) is 0.490. The van der Waals surface area contributed by atoms with Crippen LogP contribution < -0.4 is 10.9 Å². The molecule has 2 aliphatic heterocycles. The maximum absolute atomic E-state index is 12.7. The first-order valence-electron chi connectivity index (χ1n) is 10.8. The predicted octanol–water partition coefficient (Wildman–Crippen LogP) is 4.21. The van der Waals surface area contributed by atoms with E-state index in [0.717, 1.165) is 23.2 Å². The third-order valence-electron chi connectivity index (χ3n) is 6.35. The van der Waals surface area contributed by atoms with Gasteiger partial charge in [0.1, 0.15) is 0 Å². The summed E-state index contributed by atoms with van der Waals surface area (Å²) >= 11 is 0. The number of nitrogens with zero attached hydrogens (tertiary/aromatic N) is 2. The number of urea groups is 1. The van der Waals surface area contributed by atoms with Crippen LogP contribution in [0.3, 0.4) is 0 Å². The fraction of sp³-hybridized carbons (Fsp3) is 0.360. The van der Waals surface area contributed by atoms with E-state index in [2.05, 4.69) is 35.6 Å². The van der Waals surface area contributed by atoms with Gasteiger partial charge in [0.05, 0.1) is 0 Å². The zero-order valence-corrected chi connectivity index (χ0v) is 17.5. The van der Waals surface area contributed by atoms with Crippen molar-refractivity contribution in [2.45, 2.75) is 38.8 Å². The number of hydrogen-bond donors (Lipinski definition) is 1. The second-order valence-corrected chi connectivity index (χ2v) is 8.95. The van der Waals surface area contributed by atoms with Crippen LogP contribution in [0, 0.1) is 5.92 Å². The van der Waals surface area contributed by atoms with E-state index < -0.39 is 0 Å². The molecule has 2 atom stereocenters. The van der Waals surface area contributed by atoms with Crippen LogP contribution in [0.25, 0.3) is 21.9 Å². The van der Waals surface area contributed by atoms with Crippen molar-refractivity contribution in [3.05, 3.63) is 70.6 Å². The molecule has 154 valence electrons. The van der Waals surface area contributed by atoms with E-state index in [9.17, 15) is 9.59 Å². The number of rotatable bonds is 2. The first-order valence-corrected chi connectivity index (χ1v) is 10.8. The molecular formula is C25H27N3O2. The topological polar surface area (TPSA) is 54.3 Å². The largest absolute Gasteiger partial charge is 0.336 e. The second-order valence-electron chi connectivity index (χ2n) is 8.95. The van der Waals surface area contributed by atoms with Crippen LogP contribution in [0.15, 0.2) is 59.4 Å². The summed E-state index contributed by atoms with van der Waals surface area (Å²) < 4.78 is 1.96. The standard InChI is InChI=1S/C25H27N3O2/c1-16(2)26-25(30)27-13-17-11-21(15-27)24-22(9-10-23(29)28(24)14-17)20-8-7-18-5-3-4-6-19(18)12-20/h3-10,12,16-17,21H,11,13-15H2,1-2H3,(H,26,30)/t17-,21-/m1/s1. The zero-order valence-electron chi connectivity index (χ0n) is 17.5. The maximum atomic E-state index is 12.7. The minimum atomic E-state index is -0.00122. The van der Waals surface area contributed by atoms with Crippen LogP contribution in [0.2, 0.25) is 0 Å². The number of pyridine rings is 1. The first-order chi connectivity index (χ1) is 14.5. The number of aromatic nitrogens is 1. The summed E-state index contributed by atoms with van der Waals surface area (Å²) in [5, 5.41) is 5.42. The molecule has 0 radical (unpaired) electrons. The molecule has 2 aliphatic rings. The molecule has 2 amide bonds. The van der Waals surface area contributed by atoms with E-state index in [1.54, 1.807) is 6.07 Å². The van der Waals surface area contributed by atoms with Crippen LogP contribution in [0.5, 0.6) is 0 Å². The van der Waals surface area contributed by atoms with Gasteiger partial charge in [-0.3, -0.25) is 4.79 Å². The highest BCUT2D eigenvalue weighted by Gasteiger charge is 2.37. The molecule has 2 aromatic carbocycles.